The van der Waals surface area contributed by atoms with E-state index in [4.69, 9.17) is 0 Å². The SMILES string of the molecule is CCCCCCCCCCCCCCCCN1/C(=C/C2C([O-])C(/C=C3/N(CCCCCCCCCCCCCCCC)c4ccc(Br)cc4C3(C)C)C2[O-])C(C)(C)c2cc(Br)ccc21. The first-order chi connectivity index (χ1) is 30.9. The minimum atomic E-state index is -0.953. The molecule has 0 saturated heterocycles. The van der Waals surface area contributed by atoms with Gasteiger partial charge in [-0.15, -0.1) is 12.2 Å². The number of halogens is 2. The van der Waals surface area contributed by atoms with E-state index in [2.05, 4.69) is 132 Å². The Balaban J connectivity index is 1.15. The van der Waals surface area contributed by atoms with Crippen LogP contribution in [0.1, 0.15) is 232 Å². The van der Waals surface area contributed by atoms with Gasteiger partial charge in [0.25, 0.3) is 0 Å². The number of allylic oxidation sites excluding steroid dienone is 2. The minimum Gasteiger partial charge on any atom is -0.851 e. The summed E-state index contributed by atoms with van der Waals surface area (Å²) in [7, 11) is 0. The van der Waals surface area contributed by atoms with Crippen LogP contribution in [0.2, 0.25) is 0 Å². The quantitative estimate of drug-likeness (QED) is 0.0686. The van der Waals surface area contributed by atoms with Crippen molar-refractivity contribution in [1.82, 2.24) is 0 Å². The van der Waals surface area contributed by atoms with Gasteiger partial charge in [-0.2, -0.15) is 0 Å². The number of unbranched alkanes of at least 4 members (excludes halogenated alkanes) is 26. The Morgan fingerprint density at radius 3 is 0.984 bits per heavy atom. The van der Waals surface area contributed by atoms with Crippen molar-refractivity contribution in [2.24, 2.45) is 11.8 Å². The summed E-state index contributed by atoms with van der Waals surface area (Å²) in [6.07, 6.45) is 40.0. The molecule has 0 amide bonds. The number of rotatable bonds is 32. The van der Waals surface area contributed by atoms with Gasteiger partial charge in [0, 0.05) is 55.6 Å². The first kappa shape index (κ1) is 53.4. The third-order valence-electron chi connectivity index (χ3n) is 15.4. The van der Waals surface area contributed by atoms with E-state index < -0.39 is 24.0 Å². The van der Waals surface area contributed by atoms with E-state index in [9.17, 15) is 10.2 Å². The average molecular weight is 1010 g/mol. The molecule has 2 aliphatic heterocycles. The Morgan fingerprint density at radius 2 is 0.703 bits per heavy atom. The van der Waals surface area contributed by atoms with Gasteiger partial charge >= 0.3 is 0 Å². The standard InChI is InChI=1S/C58H90Br2N2O2/c1-7-9-11-13-15-17-19-21-23-25-27-29-31-33-39-61-51-37-35-45(59)41-49(51)57(3,4)53(61)43-47-55(63)48(56(47)64)44-54-58(5,6)50-42-46(60)36-38-52(50)62(54)40-34-32-30-28-26-24-22-20-18-16-14-12-10-8-2/h35-38,41-44,47-48,55-56H,7-34,39-40H2,1-6H3/q-2/b53-43+,54-44+. The second-order valence-corrected chi connectivity index (χ2v) is 23.1. The zero-order chi connectivity index (χ0) is 46.0. The average Bonchev–Trinajstić information content (AvgIpc) is 3.61. The number of benzene rings is 2. The van der Waals surface area contributed by atoms with Crippen molar-refractivity contribution in [3.05, 3.63) is 80.0 Å². The summed E-state index contributed by atoms with van der Waals surface area (Å²) >= 11 is 7.49. The molecule has 2 heterocycles. The molecule has 2 aromatic rings. The fraction of sp³-hybridized carbons (Fsp3) is 0.724. The lowest BCUT2D eigenvalue weighted by atomic mass is 9.66. The van der Waals surface area contributed by atoms with Crippen LogP contribution in [0.3, 0.4) is 0 Å². The van der Waals surface area contributed by atoms with E-state index in [1.165, 1.54) is 189 Å². The highest BCUT2D eigenvalue weighted by molar-refractivity contribution is 9.10. The molecule has 0 bridgehead atoms. The zero-order valence-corrected chi connectivity index (χ0v) is 44.8. The van der Waals surface area contributed by atoms with Crippen molar-refractivity contribution >= 4 is 43.2 Å². The molecular formula is C58H90Br2N2O2-2. The first-order valence-corrected chi connectivity index (χ1v) is 28.4. The molecule has 360 valence electrons. The summed E-state index contributed by atoms with van der Waals surface area (Å²) in [5, 5.41) is 28.7. The lowest BCUT2D eigenvalue weighted by molar-refractivity contribution is -0.550. The summed E-state index contributed by atoms with van der Waals surface area (Å²) in [6, 6.07) is 13.2. The zero-order valence-electron chi connectivity index (χ0n) is 41.6. The second-order valence-electron chi connectivity index (χ2n) is 21.3. The van der Waals surface area contributed by atoms with Gasteiger partial charge in [0.1, 0.15) is 0 Å². The molecule has 5 rings (SSSR count). The Kier molecular flexibility index (Phi) is 22.9. The van der Waals surface area contributed by atoms with Crippen molar-refractivity contribution < 1.29 is 10.2 Å². The van der Waals surface area contributed by atoms with Gasteiger partial charge in [-0.3, -0.25) is 0 Å². The number of fused-ring (bicyclic) bond motifs is 2. The van der Waals surface area contributed by atoms with Crippen LogP contribution < -0.4 is 20.0 Å². The Morgan fingerprint density at radius 1 is 0.438 bits per heavy atom. The summed E-state index contributed by atoms with van der Waals surface area (Å²) in [5.41, 5.74) is 6.72. The minimum absolute atomic E-state index is 0.287. The third-order valence-corrected chi connectivity index (χ3v) is 16.4. The van der Waals surface area contributed by atoms with Crippen LogP contribution >= 0.6 is 31.9 Å². The second kappa shape index (κ2) is 27.4. The number of hydrogen-bond acceptors (Lipinski definition) is 4. The molecule has 64 heavy (non-hydrogen) atoms. The molecule has 0 unspecified atom stereocenters. The van der Waals surface area contributed by atoms with Gasteiger partial charge in [-0.1, -0.05) is 252 Å². The van der Waals surface area contributed by atoms with E-state index in [-0.39, 0.29) is 10.8 Å². The van der Waals surface area contributed by atoms with Gasteiger partial charge in [0.2, 0.25) is 0 Å². The highest BCUT2D eigenvalue weighted by Gasteiger charge is 2.45. The molecule has 1 fully saturated rings. The Labute approximate surface area is 410 Å². The van der Waals surface area contributed by atoms with Gasteiger partial charge in [-0.25, -0.2) is 0 Å². The molecule has 6 heteroatoms. The van der Waals surface area contributed by atoms with Crippen molar-refractivity contribution in [3.63, 3.8) is 0 Å². The van der Waals surface area contributed by atoms with Crippen LogP contribution in [0, 0.1) is 11.8 Å². The monoisotopic (exact) mass is 1000 g/mol. The predicted octanol–water partition coefficient (Wildman–Crippen LogP) is 16.5. The number of nitrogens with zero attached hydrogens (tertiary/aromatic N) is 2. The summed E-state index contributed by atoms with van der Waals surface area (Å²) < 4.78 is 2.14. The molecule has 3 aliphatic rings. The van der Waals surface area contributed by atoms with Crippen LogP contribution in [0.15, 0.2) is 68.9 Å². The highest BCUT2D eigenvalue weighted by Crippen LogP contribution is 2.52. The molecule has 0 spiro atoms. The molecule has 1 saturated carbocycles. The van der Waals surface area contributed by atoms with E-state index in [0.29, 0.717) is 0 Å². The van der Waals surface area contributed by atoms with Gasteiger partial charge in [-0.05, 0) is 72.2 Å². The van der Waals surface area contributed by atoms with E-state index in [1.807, 2.05) is 0 Å². The van der Waals surface area contributed by atoms with Gasteiger partial charge in [0.15, 0.2) is 0 Å². The van der Waals surface area contributed by atoms with Crippen molar-refractivity contribution in [1.29, 1.82) is 0 Å². The molecule has 0 N–H and O–H groups in total. The van der Waals surface area contributed by atoms with Crippen LogP contribution in [0.4, 0.5) is 11.4 Å². The fourth-order valence-electron chi connectivity index (χ4n) is 11.2. The molecule has 0 aromatic heterocycles. The maximum absolute atomic E-state index is 14.4. The summed E-state index contributed by atoms with van der Waals surface area (Å²) in [5.74, 6) is -1.07. The Bertz CT molecular complexity index is 1600. The maximum Gasteiger partial charge on any atom is 0.0451 e. The smallest absolute Gasteiger partial charge is 0.0451 e. The fourth-order valence-corrected chi connectivity index (χ4v) is 11.9. The van der Waals surface area contributed by atoms with E-state index >= 15 is 0 Å². The van der Waals surface area contributed by atoms with Crippen molar-refractivity contribution in [2.45, 2.75) is 244 Å². The lowest BCUT2D eigenvalue weighted by Gasteiger charge is -2.60. The topological polar surface area (TPSA) is 52.6 Å². The summed E-state index contributed by atoms with van der Waals surface area (Å²) in [6.45, 7) is 15.5. The molecule has 0 radical (unpaired) electrons. The van der Waals surface area contributed by atoms with Gasteiger partial charge in [0.05, 0.1) is 0 Å². The Hall–Kier alpha value is -1.60. The number of hydrogen-bond donors (Lipinski definition) is 0. The largest absolute Gasteiger partial charge is 0.851 e. The highest BCUT2D eigenvalue weighted by atomic mass is 79.9. The van der Waals surface area contributed by atoms with Gasteiger partial charge < -0.3 is 20.0 Å². The normalized spacial score (nSPS) is 22.2. The van der Waals surface area contributed by atoms with Crippen molar-refractivity contribution in [3.8, 4) is 0 Å². The number of anilines is 2. The molecule has 4 nitrogen and oxygen atoms in total. The van der Waals surface area contributed by atoms with E-state index in [1.54, 1.807) is 0 Å². The van der Waals surface area contributed by atoms with Crippen LogP contribution in [0.25, 0.3) is 0 Å². The lowest BCUT2D eigenvalue weighted by Crippen LogP contribution is -2.66. The molecule has 0 atom stereocenters. The van der Waals surface area contributed by atoms with Crippen LogP contribution in [-0.4, -0.2) is 25.3 Å². The maximum atomic E-state index is 14.4. The molecule has 1 aliphatic carbocycles. The third kappa shape index (κ3) is 14.7. The molecule has 2 aromatic carbocycles. The van der Waals surface area contributed by atoms with Crippen molar-refractivity contribution in [2.75, 3.05) is 22.9 Å². The van der Waals surface area contributed by atoms with E-state index in [0.717, 1.165) is 46.3 Å². The molecular weight excluding hydrogens is 916 g/mol. The predicted molar refractivity (Wildman–Crippen MR) is 280 cm³/mol. The summed E-state index contributed by atoms with van der Waals surface area (Å²) in [4.78, 5) is 4.92. The van der Waals surface area contributed by atoms with Crippen LogP contribution in [0.5, 0.6) is 0 Å². The first-order valence-electron chi connectivity index (χ1n) is 26.8. The van der Waals surface area contributed by atoms with Crippen LogP contribution in [-0.2, 0) is 10.8 Å².